The van der Waals surface area contributed by atoms with E-state index in [0.717, 1.165) is 12.1 Å². The molecule has 3 aromatic rings. The van der Waals surface area contributed by atoms with Gasteiger partial charge in [0.05, 0.1) is 5.69 Å². The van der Waals surface area contributed by atoms with Gasteiger partial charge in [-0.05, 0) is 18.1 Å². The number of nitrogens with one attached hydrogen (secondary N) is 1. The fraction of sp³-hybridized carbons (Fsp3) is 0.267. The van der Waals surface area contributed by atoms with Gasteiger partial charge in [0, 0.05) is 12.6 Å². The zero-order valence-corrected chi connectivity index (χ0v) is 11.9. The molecule has 0 saturated heterocycles. The van der Waals surface area contributed by atoms with Crippen LogP contribution in [0.4, 0.5) is 0 Å². The number of hydrogen-bond donors (Lipinski definition) is 1. The van der Waals surface area contributed by atoms with Gasteiger partial charge in [-0.2, -0.15) is 4.98 Å². The maximum atomic E-state index is 12.4. The molecule has 0 bridgehead atoms. The SMILES string of the molecule is CC(C)Cc1noc(-c2c[nH]n(-c3ccccc3)c2=O)n1. The van der Waals surface area contributed by atoms with Crippen molar-refractivity contribution in [3.63, 3.8) is 0 Å². The molecule has 0 radical (unpaired) electrons. The average Bonchev–Trinajstić information content (AvgIpc) is 3.06. The molecule has 1 aromatic carbocycles. The van der Waals surface area contributed by atoms with Gasteiger partial charge in [-0.15, -0.1) is 0 Å². The molecule has 6 heteroatoms. The van der Waals surface area contributed by atoms with E-state index < -0.39 is 0 Å². The van der Waals surface area contributed by atoms with Gasteiger partial charge in [0.15, 0.2) is 5.82 Å². The fourth-order valence-corrected chi connectivity index (χ4v) is 2.10. The van der Waals surface area contributed by atoms with E-state index in [9.17, 15) is 4.79 Å². The summed E-state index contributed by atoms with van der Waals surface area (Å²) >= 11 is 0. The summed E-state index contributed by atoms with van der Waals surface area (Å²) in [5, 5.41) is 6.82. The predicted molar refractivity (Wildman–Crippen MR) is 78.2 cm³/mol. The summed E-state index contributed by atoms with van der Waals surface area (Å²) in [5.41, 5.74) is 0.929. The first-order chi connectivity index (χ1) is 10.1. The van der Waals surface area contributed by atoms with Gasteiger partial charge in [0.1, 0.15) is 5.56 Å². The first-order valence-electron chi connectivity index (χ1n) is 6.84. The summed E-state index contributed by atoms with van der Waals surface area (Å²) in [7, 11) is 0. The predicted octanol–water partition coefficient (Wildman–Crippen LogP) is 2.41. The number of rotatable bonds is 4. The summed E-state index contributed by atoms with van der Waals surface area (Å²) in [5.74, 6) is 1.30. The molecule has 2 heterocycles. The minimum atomic E-state index is -0.207. The van der Waals surface area contributed by atoms with Gasteiger partial charge < -0.3 is 4.52 Å². The van der Waals surface area contributed by atoms with Gasteiger partial charge in [-0.1, -0.05) is 37.2 Å². The lowest BCUT2D eigenvalue weighted by molar-refractivity contribution is 0.417. The highest BCUT2D eigenvalue weighted by Crippen LogP contribution is 2.15. The van der Waals surface area contributed by atoms with E-state index in [1.165, 1.54) is 4.68 Å². The molecule has 108 valence electrons. The van der Waals surface area contributed by atoms with Crippen molar-refractivity contribution >= 4 is 0 Å². The van der Waals surface area contributed by atoms with Crippen LogP contribution in [-0.4, -0.2) is 19.9 Å². The smallest absolute Gasteiger partial charge is 0.284 e. The molecule has 0 aliphatic carbocycles. The van der Waals surface area contributed by atoms with Crippen LogP contribution in [0, 0.1) is 5.92 Å². The second-order valence-corrected chi connectivity index (χ2v) is 5.28. The number of nitrogens with zero attached hydrogens (tertiary/aromatic N) is 3. The molecule has 0 aliphatic heterocycles. The maximum absolute atomic E-state index is 12.4. The molecule has 1 N–H and O–H groups in total. The molecule has 0 fully saturated rings. The van der Waals surface area contributed by atoms with Crippen LogP contribution >= 0.6 is 0 Å². The summed E-state index contributed by atoms with van der Waals surface area (Å²) in [4.78, 5) is 16.7. The first-order valence-corrected chi connectivity index (χ1v) is 6.84. The average molecular weight is 284 g/mol. The molecule has 0 amide bonds. The van der Waals surface area contributed by atoms with Gasteiger partial charge in [-0.25, -0.2) is 4.68 Å². The highest BCUT2D eigenvalue weighted by Gasteiger charge is 2.16. The van der Waals surface area contributed by atoms with E-state index >= 15 is 0 Å². The summed E-state index contributed by atoms with van der Waals surface area (Å²) < 4.78 is 6.63. The van der Waals surface area contributed by atoms with Crippen molar-refractivity contribution in [1.82, 2.24) is 19.9 Å². The summed E-state index contributed by atoms with van der Waals surface area (Å²) in [6.07, 6.45) is 2.31. The van der Waals surface area contributed by atoms with Crippen LogP contribution in [0.2, 0.25) is 0 Å². The highest BCUT2D eigenvalue weighted by molar-refractivity contribution is 5.51. The molecular formula is C15H16N4O2. The van der Waals surface area contributed by atoms with Crippen LogP contribution < -0.4 is 5.56 Å². The monoisotopic (exact) mass is 284 g/mol. The van der Waals surface area contributed by atoms with E-state index in [1.54, 1.807) is 6.20 Å². The van der Waals surface area contributed by atoms with E-state index in [1.807, 2.05) is 30.3 Å². The lowest BCUT2D eigenvalue weighted by atomic mass is 10.1. The van der Waals surface area contributed by atoms with Crippen molar-refractivity contribution in [1.29, 1.82) is 0 Å². The normalized spacial score (nSPS) is 11.2. The third kappa shape index (κ3) is 2.65. The Balaban J connectivity index is 1.96. The van der Waals surface area contributed by atoms with E-state index in [4.69, 9.17) is 4.52 Å². The third-order valence-corrected chi connectivity index (χ3v) is 3.08. The Labute approximate surface area is 121 Å². The largest absolute Gasteiger partial charge is 0.334 e. The number of hydrogen-bond acceptors (Lipinski definition) is 4. The topological polar surface area (TPSA) is 76.7 Å². The fourth-order valence-electron chi connectivity index (χ4n) is 2.10. The number of H-pyrrole nitrogens is 1. The van der Waals surface area contributed by atoms with E-state index in [0.29, 0.717) is 17.3 Å². The second kappa shape index (κ2) is 5.40. The van der Waals surface area contributed by atoms with Crippen LogP contribution in [-0.2, 0) is 6.42 Å². The molecule has 2 aromatic heterocycles. The van der Waals surface area contributed by atoms with E-state index in [-0.39, 0.29) is 11.4 Å². The number of aromatic amines is 1. The van der Waals surface area contributed by atoms with Gasteiger partial charge >= 0.3 is 0 Å². The van der Waals surface area contributed by atoms with Crippen molar-refractivity contribution in [3.05, 3.63) is 52.7 Å². The van der Waals surface area contributed by atoms with Gasteiger partial charge in [0.2, 0.25) is 0 Å². The van der Waals surface area contributed by atoms with Crippen LogP contribution in [0.5, 0.6) is 0 Å². The zero-order valence-electron chi connectivity index (χ0n) is 11.9. The minimum Gasteiger partial charge on any atom is -0.334 e. The Hall–Kier alpha value is -2.63. The molecule has 0 aliphatic rings. The number of aromatic nitrogens is 4. The molecule has 6 nitrogen and oxygen atoms in total. The molecule has 21 heavy (non-hydrogen) atoms. The maximum Gasteiger partial charge on any atom is 0.284 e. The highest BCUT2D eigenvalue weighted by atomic mass is 16.5. The standard InChI is InChI=1S/C15H16N4O2/c1-10(2)8-13-17-14(21-18-13)12-9-16-19(15(12)20)11-6-4-3-5-7-11/h3-7,9-10,16H,8H2,1-2H3. The van der Waals surface area contributed by atoms with Crippen molar-refractivity contribution in [2.45, 2.75) is 20.3 Å². The Kier molecular flexibility index (Phi) is 3.43. The van der Waals surface area contributed by atoms with Crippen molar-refractivity contribution in [3.8, 4) is 17.1 Å². The second-order valence-electron chi connectivity index (χ2n) is 5.28. The van der Waals surface area contributed by atoms with Crippen LogP contribution in [0.1, 0.15) is 19.7 Å². The Morgan fingerprint density at radius 3 is 2.76 bits per heavy atom. The minimum absolute atomic E-state index is 0.207. The van der Waals surface area contributed by atoms with Crippen molar-refractivity contribution in [2.75, 3.05) is 0 Å². The first kappa shape index (κ1) is 13.4. The lowest BCUT2D eigenvalue weighted by Gasteiger charge is -1.98. The Morgan fingerprint density at radius 2 is 2.05 bits per heavy atom. The lowest BCUT2D eigenvalue weighted by Crippen LogP contribution is -2.15. The van der Waals surface area contributed by atoms with Gasteiger partial charge in [0.25, 0.3) is 11.4 Å². The zero-order chi connectivity index (χ0) is 14.8. The molecule has 0 atom stereocenters. The molecule has 0 saturated carbocycles. The molecule has 0 spiro atoms. The van der Waals surface area contributed by atoms with E-state index in [2.05, 4.69) is 29.1 Å². The van der Waals surface area contributed by atoms with Crippen LogP contribution in [0.25, 0.3) is 17.1 Å². The van der Waals surface area contributed by atoms with Crippen LogP contribution in [0.3, 0.4) is 0 Å². The Morgan fingerprint density at radius 1 is 1.29 bits per heavy atom. The summed E-state index contributed by atoms with van der Waals surface area (Å²) in [6, 6.07) is 9.33. The van der Waals surface area contributed by atoms with Crippen LogP contribution in [0.15, 0.2) is 45.8 Å². The van der Waals surface area contributed by atoms with Crippen molar-refractivity contribution in [2.24, 2.45) is 5.92 Å². The summed E-state index contributed by atoms with van der Waals surface area (Å²) in [6.45, 7) is 4.16. The molecule has 0 unspecified atom stereocenters. The quantitative estimate of drug-likeness (QED) is 0.798. The van der Waals surface area contributed by atoms with Crippen molar-refractivity contribution < 1.29 is 4.52 Å². The Bertz CT molecular complexity index is 783. The third-order valence-electron chi connectivity index (χ3n) is 3.08. The molecular weight excluding hydrogens is 268 g/mol. The molecule has 3 rings (SSSR count). The van der Waals surface area contributed by atoms with Gasteiger partial charge in [-0.3, -0.25) is 9.89 Å². The number of benzene rings is 1. The number of para-hydroxylation sites is 1.